The number of nitrogens with two attached hydrogens (primary N) is 2. The lowest BCUT2D eigenvalue weighted by molar-refractivity contribution is -0.149. The van der Waals surface area contributed by atoms with Crippen LogP contribution in [0.1, 0.15) is 32.6 Å². The quantitative estimate of drug-likeness (QED) is 0.210. The Kier molecular flexibility index (Phi) is 8.51. The number of carbonyl (C=O) groups is 6. The molecule has 4 atom stereocenters. The van der Waals surface area contributed by atoms with Crippen LogP contribution in [0.5, 0.6) is 0 Å². The van der Waals surface area contributed by atoms with Crippen molar-refractivity contribution in [1.29, 1.82) is 0 Å². The summed E-state index contributed by atoms with van der Waals surface area (Å²) in [5.74, 6) is -5.91. The predicted molar refractivity (Wildman–Crippen MR) is 95.9 cm³/mol. The van der Waals surface area contributed by atoms with E-state index >= 15 is 0 Å². The van der Waals surface area contributed by atoms with Crippen LogP contribution in [-0.2, 0) is 28.8 Å². The van der Waals surface area contributed by atoms with Crippen molar-refractivity contribution < 1.29 is 39.0 Å². The summed E-state index contributed by atoms with van der Waals surface area (Å²) < 4.78 is 0. The Morgan fingerprint density at radius 1 is 1.07 bits per heavy atom. The first-order chi connectivity index (χ1) is 13.4. The molecule has 13 heteroatoms. The maximum atomic E-state index is 12.7. The SMILES string of the molecule is CC(NC(=O)C(N)CC(=O)O)C(=O)NC(CC(N)=O)C(=O)N1CCCC1C(=O)O. The van der Waals surface area contributed by atoms with E-state index in [0.717, 1.165) is 4.90 Å². The average molecular weight is 415 g/mol. The average Bonchev–Trinajstić information content (AvgIpc) is 3.09. The smallest absolute Gasteiger partial charge is 0.326 e. The number of hydrogen-bond acceptors (Lipinski definition) is 7. The highest BCUT2D eigenvalue weighted by molar-refractivity contribution is 5.96. The highest BCUT2D eigenvalue weighted by Crippen LogP contribution is 2.19. The van der Waals surface area contributed by atoms with E-state index in [1.165, 1.54) is 6.92 Å². The lowest BCUT2D eigenvalue weighted by atomic mass is 10.1. The third kappa shape index (κ3) is 7.03. The highest BCUT2D eigenvalue weighted by atomic mass is 16.4. The molecule has 4 amide bonds. The first-order valence-electron chi connectivity index (χ1n) is 8.83. The molecule has 0 bridgehead atoms. The van der Waals surface area contributed by atoms with Crippen LogP contribution in [0, 0.1) is 0 Å². The molecule has 0 radical (unpaired) electrons. The van der Waals surface area contributed by atoms with Crippen LogP contribution in [0.4, 0.5) is 0 Å². The molecule has 1 rings (SSSR count). The topological polar surface area (TPSA) is 222 Å². The van der Waals surface area contributed by atoms with Crippen molar-refractivity contribution in [3.05, 3.63) is 0 Å². The number of primary amides is 1. The molecule has 4 unspecified atom stereocenters. The normalized spacial score (nSPS) is 19.0. The van der Waals surface area contributed by atoms with E-state index in [1.807, 2.05) is 0 Å². The molecule has 1 heterocycles. The molecule has 1 fully saturated rings. The van der Waals surface area contributed by atoms with Crippen LogP contribution in [0.3, 0.4) is 0 Å². The minimum Gasteiger partial charge on any atom is -0.481 e. The second-order valence-electron chi connectivity index (χ2n) is 6.69. The maximum absolute atomic E-state index is 12.7. The maximum Gasteiger partial charge on any atom is 0.326 e. The summed E-state index contributed by atoms with van der Waals surface area (Å²) in [5.41, 5.74) is 10.5. The molecule has 1 saturated heterocycles. The first kappa shape index (κ1) is 23.8. The fraction of sp³-hybridized carbons (Fsp3) is 0.625. The van der Waals surface area contributed by atoms with Crippen LogP contribution in [0.25, 0.3) is 0 Å². The van der Waals surface area contributed by atoms with E-state index in [0.29, 0.717) is 6.42 Å². The van der Waals surface area contributed by atoms with Gasteiger partial charge < -0.3 is 37.2 Å². The summed E-state index contributed by atoms with van der Waals surface area (Å²) in [5, 5.41) is 22.3. The van der Waals surface area contributed by atoms with Gasteiger partial charge in [0.15, 0.2) is 0 Å². The number of nitrogens with zero attached hydrogens (tertiary/aromatic N) is 1. The van der Waals surface area contributed by atoms with E-state index in [1.54, 1.807) is 0 Å². The number of hydrogen-bond donors (Lipinski definition) is 6. The van der Waals surface area contributed by atoms with Gasteiger partial charge in [0.25, 0.3) is 0 Å². The zero-order valence-electron chi connectivity index (χ0n) is 15.8. The molecular formula is C16H25N5O8. The molecule has 1 aliphatic rings. The molecule has 13 nitrogen and oxygen atoms in total. The third-order valence-corrected chi connectivity index (χ3v) is 4.32. The summed E-state index contributed by atoms with van der Waals surface area (Å²) in [7, 11) is 0. The number of nitrogens with one attached hydrogen (secondary N) is 2. The number of likely N-dealkylation sites (tertiary alicyclic amines) is 1. The van der Waals surface area contributed by atoms with E-state index in [2.05, 4.69) is 10.6 Å². The minimum absolute atomic E-state index is 0.150. The predicted octanol–water partition coefficient (Wildman–Crippen LogP) is -3.27. The van der Waals surface area contributed by atoms with Crippen LogP contribution in [0.2, 0.25) is 0 Å². The summed E-state index contributed by atoms with van der Waals surface area (Å²) in [6.07, 6.45) is -0.513. The van der Waals surface area contributed by atoms with E-state index in [4.69, 9.17) is 16.6 Å². The third-order valence-electron chi connectivity index (χ3n) is 4.32. The monoisotopic (exact) mass is 415 g/mol. The Bertz CT molecular complexity index is 697. The highest BCUT2D eigenvalue weighted by Gasteiger charge is 2.38. The van der Waals surface area contributed by atoms with Crippen LogP contribution >= 0.6 is 0 Å². The largest absolute Gasteiger partial charge is 0.481 e. The standard InChI is InChI=1S/C16H25N5O8/c1-7(19-14(26)8(17)5-12(23)24)13(25)20-9(6-11(18)22)15(27)21-4-2-3-10(21)16(28)29/h7-10H,2-6,17H2,1H3,(H2,18,22)(H,19,26)(H,20,25)(H,23,24)(H,28,29). The Hall–Kier alpha value is -3.22. The van der Waals surface area contributed by atoms with Gasteiger partial charge in [-0.3, -0.25) is 24.0 Å². The van der Waals surface area contributed by atoms with Gasteiger partial charge in [-0.25, -0.2) is 4.79 Å². The Morgan fingerprint density at radius 3 is 2.21 bits per heavy atom. The molecule has 8 N–H and O–H groups in total. The van der Waals surface area contributed by atoms with Gasteiger partial charge in [0.1, 0.15) is 18.1 Å². The molecule has 162 valence electrons. The van der Waals surface area contributed by atoms with Crippen molar-refractivity contribution in [2.75, 3.05) is 6.54 Å². The fourth-order valence-electron chi connectivity index (χ4n) is 2.85. The lowest BCUT2D eigenvalue weighted by Gasteiger charge is -2.27. The second-order valence-corrected chi connectivity index (χ2v) is 6.69. The second kappa shape index (κ2) is 10.4. The van der Waals surface area contributed by atoms with Crippen LogP contribution in [0.15, 0.2) is 0 Å². The van der Waals surface area contributed by atoms with Crippen molar-refractivity contribution in [3.63, 3.8) is 0 Å². The van der Waals surface area contributed by atoms with Gasteiger partial charge in [-0.15, -0.1) is 0 Å². The number of carboxylic acid groups (broad SMARTS) is 2. The number of carbonyl (C=O) groups excluding carboxylic acids is 4. The van der Waals surface area contributed by atoms with Gasteiger partial charge in [0.2, 0.25) is 23.6 Å². The van der Waals surface area contributed by atoms with Gasteiger partial charge in [-0.1, -0.05) is 0 Å². The molecule has 0 aliphatic carbocycles. The van der Waals surface area contributed by atoms with Gasteiger partial charge in [-0.2, -0.15) is 0 Å². The molecule has 0 spiro atoms. The number of aliphatic carboxylic acids is 2. The first-order valence-corrected chi connectivity index (χ1v) is 8.83. The van der Waals surface area contributed by atoms with Crippen molar-refractivity contribution >= 4 is 35.6 Å². The van der Waals surface area contributed by atoms with E-state index < -0.39 is 72.6 Å². The van der Waals surface area contributed by atoms with Crippen molar-refractivity contribution in [2.45, 2.75) is 56.8 Å². The summed E-state index contributed by atoms with van der Waals surface area (Å²) in [6, 6.07) is -5.07. The Balaban J connectivity index is 2.81. The fourth-order valence-corrected chi connectivity index (χ4v) is 2.85. The number of amides is 4. The lowest BCUT2D eigenvalue weighted by Crippen LogP contribution is -2.57. The Labute approximate surface area is 165 Å². The van der Waals surface area contributed by atoms with E-state index in [-0.39, 0.29) is 13.0 Å². The summed E-state index contributed by atoms with van der Waals surface area (Å²) in [4.78, 5) is 71.1. The van der Waals surface area contributed by atoms with Crippen LogP contribution in [-0.4, -0.2) is 81.4 Å². The molecular weight excluding hydrogens is 390 g/mol. The zero-order chi connectivity index (χ0) is 22.3. The summed E-state index contributed by atoms with van der Waals surface area (Å²) in [6.45, 7) is 1.42. The van der Waals surface area contributed by atoms with Crippen molar-refractivity contribution in [1.82, 2.24) is 15.5 Å². The van der Waals surface area contributed by atoms with Crippen molar-refractivity contribution in [2.24, 2.45) is 11.5 Å². The van der Waals surface area contributed by atoms with Crippen LogP contribution < -0.4 is 22.1 Å². The van der Waals surface area contributed by atoms with Gasteiger partial charge in [0, 0.05) is 6.54 Å². The molecule has 1 aliphatic heterocycles. The molecule has 0 aromatic rings. The molecule has 29 heavy (non-hydrogen) atoms. The van der Waals surface area contributed by atoms with Gasteiger partial charge in [0.05, 0.1) is 18.9 Å². The number of rotatable bonds is 10. The Morgan fingerprint density at radius 2 is 1.69 bits per heavy atom. The zero-order valence-corrected chi connectivity index (χ0v) is 15.8. The number of carboxylic acids is 2. The van der Waals surface area contributed by atoms with Gasteiger partial charge >= 0.3 is 11.9 Å². The molecule has 0 saturated carbocycles. The van der Waals surface area contributed by atoms with Gasteiger partial charge in [-0.05, 0) is 19.8 Å². The van der Waals surface area contributed by atoms with E-state index in [9.17, 15) is 33.9 Å². The molecule has 0 aromatic heterocycles. The molecule has 0 aromatic carbocycles. The van der Waals surface area contributed by atoms with Crippen molar-refractivity contribution in [3.8, 4) is 0 Å². The minimum atomic E-state index is -1.41. The summed E-state index contributed by atoms with van der Waals surface area (Å²) >= 11 is 0.